The van der Waals surface area contributed by atoms with Crippen molar-refractivity contribution in [3.05, 3.63) is 0 Å². The van der Waals surface area contributed by atoms with Gasteiger partial charge in [0, 0.05) is 13.1 Å². The summed E-state index contributed by atoms with van der Waals surface area (Å²) >= 11 is 0. The summed E-state index contributed by atoms with van der Waals surface area (Å²) < 4.78 is 13.3. The van der Waals surface area contributed by atoms with Crippen LogP contribution in [-0.4, -0.2) is 64.3 Å². The Kier molecular flexibility index (Phi) is 5.86. The molecule has 2 fully saturated rings. The molecule has 1 saturated heterocycles. The molecule has 0 aromatic rings. The van der Waals surface area contributed by atoms with Crippen molar-refractivity contribution in [2.45, 2.75) is 70.8 Å². The van der Waals surface area contributed by atoms with E-state index in [1.807, 2.05) is 4.90 Å². The van der Waals surface area contributed by atoms with Crippen LogP contribution in [0, 0.1) is 17.3 Å². The Balaban J connectivity index is 1.90. The highest BCUT2D eigenvalue weighted by Gasteiger charge is 2.42. The lowest BCUT2D eigenvalue weighted by atomic mass is 9.69. The number of halogens is 1. The second kappa shape index (κ2) is 7.12. The Labute approximate surface area is 133 Å². The van der Waals surface area contributed by atoms with Crippen LogP contribution in [0.15, 0.2) is 0 Å². The Bertz CT molecular complexity index is 352. The quantitative estimate of drug-likeness (QED) is 0.739. The molecule has 1 saturated carbocycles. The van der Waals surface area contributed by atoms with Crippen molar-refractivity contribution in [2.24, 2.45) is 17.3 Å². The molecule has 0 amide bonds. The van der Waals surface area contributed by atoms with Gasteiger partial charge in [-0.15, -0.1) is 0 Å². The number of β-amino-alcohol motifs (C(OH)–C–C–N with tert-alkyl or cyclic N) is 1. The van der Waals surface area contributed by atoms with E-state index in [1.165, 1.54) is 12.8 Å². The minimum Gasteiger partial charge on any atom is -0.389 e. The van der Waals surface area contributed by atoms with E-state index >= 15 is 0 Å². The fourth-order valence-corrected chi connectivity index (χ4v) is 4.10. The van der Waals surface area contributed by atoms with Gasteiger partial charge in [-0.1, -0.05) is 20.8 Å². The number of aliphatic hydroxyl groups excluding tert-OH is 3. The van der Waals surface area contributed by atoms with Crippen molar-refractivity contribution in [1.29, 1.82) is 0 Å². The molecule has 130 valence electrons. The molecule has 0 unspecified atom stereocenters. The summed E-state index contributed by atoms with van der Waals surface area (Å²) in [6, 6.07) is -0.696. The van der Waals surface area contributed by atoms with Gasteiger partial charge in [-0.2, -0.15) is 0 Å². The summed E-state index contributed by atoms with van der Waals surface area (Å²) in [6.45, 7) is 7.11. The van der Waals surface area contributed by atoms with E-state index in [4.69, 9.17) is 0 Å². The second-order valence-electron chi connectivity index (χ2n) is 8.31. The van der Waals surface area contributed by atoms with Crippen LogP contribution < -0.4 is 0 Å². The number of rotatable bonds is 3. The summed E-state index contributed by atoms with van der Waals surface area (Å²) in [5, 5.41) is 29.5. The minimum atomic E-state index is -1.24. The number of likely N-dealkylation sites (tertiary alicyclic amines) is 1. The van der Waals surface area contributed by atoms with E-state index in [1.54, 1.807) is 0 Å². The highest BCUT2D eigenvalue weighted by molar-refractivity contribution is 4.95. The number of piperidine rings is 1. The zero-order valence-corrected chi connectivity index (χ0v) is 14.1. The summed E-state index contributed by atoms with van der Waals surface area (Å²) in [4.78, 5) is 1.84. The molecule has 1 aliphatic carbocycles. The van der Waals surface area contributed by atoms with Crippen molar-refractivity contribution in [2.75, 3.05) is 19.8 Å². The molecule has 2 rings (SSSR count). The highest BCUT2D eigenvalue weighted by atomic mass is 19.1. The van der Waals surface area contributed by atoms with Gasteiger partial charge in [-0.25, -0.2) is 4.39 Å². The Hall–Kier alpha value is -0.230. The first kappa shape index (κ1) is 18.1. The molecule has 0 spiro atoms. The first-order valence-electron chi connectivity index (χ1n) is 8.58. The van der Waals surface area contributed by atoms with Gasteiger partial charge in [-0.3, -0.25) is 4.90 Å². The molecule has 1 aliphatic heterocycles. The largest absolute Gasteiger partial charge is 0.389 e. The van der Waals surface area contributed by atoms with Crippen molar-refractivity contribution < 1.29 is 19.7 Å². The van der Waals surface area contributed by atoms with E-state index in [9.17, 15) is 19.7 Å². The van der Waals surface area contributed by atoms with Crippen molar-refractivity contribution >= 4 is 0 Å². The summed E-state index contributed by atoms with van der Waals surface area (Å²) in [5.41, 5.74) is 0.341. The van der Waals surface area contributed by atoms with Crippen LogP contribution in [0.1, 0.15) is 46.5 Å². The molecule has 22 heavy (non-hydrogen) atoms. The summed E-state index contributed by atoms with van der Waals surface area (Å²) in [7, 11) is 0. The number of aliphatic hydroxyl groups is 3. The van der Waals surface area contributed by atoms with Crippen LogP contribution in [-0.2, 0) is 0 Å². The lowest BCUT2D eigenvalue weighted by Crippen LogP contribution is -2.62. The van der Waals surface area contributed by atoms with E-state index in [0.29, 0.717) is 17.9 Å². The Morgan fingerprint density at radius 1 is 1.00 bits per heavy atom. The van der Waals surface area contributed by atoms with Crippen LogP contribution in [0.4, 0.5) is 4.39 Å². The predicted octanol–water partition coefficient (Wildman–Crippen LogP) is 1.58. The highest BCUT2D eigenvalue weighted by Crippen LogP contribution is 2.40. The van der Waals surface area contributed by atoms with Crippen LogP contribution >= 0.6 is 0 Å². The first-order valence-corrected chi connectivity index (χ1v) is 8.58. The minimum absolute atomic E-state index is 0.242. The van der Waals surface area contributed by atoms with Crippen LogP contribution in [0.2, 0.25) is 0 Å². The van der Waals surface area contributed by atoms with Crippen LogP contribution in [0.5, 0.6) is 0 Å². The molecular formula is C17H32FNO3. The normalized spacial score (nSPS) is 41.6. The lowest BCUT2D eigenvalue weighted by molar-refractivity contribution is -0.143. The van der Waals surface area contributed by atoms with Gasteiger partial charge in [0.25, 0.3) is 0 Å². The van der Waals surface area contributed by atoms with Gasteiger partial charge >= 0.3 is 0 Å². The van der Waals surface area contributed by atoms with Crippen LogP contribution in [0.3, 0.4) is 0 Å². The zero-order chi connectivity index (χ0) is 16.5. The maximum atomic E-state index is 13.3. The SMILES string of the molecule is CC(C)(C)C1CCC(CN2C[C@H](O)[C@@H](O)[C@H](O)[C@H]2CF)CC1. The topological polar surface area (TPSA) is 63.9 Å². The van der Waals surface area contributed by atoms with Gasteiger partial charge in [0.15, 0.2) is 0 Å². The molecule has 3 N–H and O–H groups in total. The molecule has 0 aromatic heterocycles. The number of nitrogens with zero attached hydrogens (tertiary/aromatic N) is 1. The molecule has 0 aromatic carbocycles. The summed E-state index contributed by atoms with van der Waals surface area (Å²) in [6.07, 6.45) is 1.17. The fourth-order valence-electron chi connectivity index (χ4n) is 4.10. The molecule has 5 heteroatoms. The van der Waals surface area contributed by atoms with Crippen LogP contribution in [0.25, 0.3) is 0 Å². The van der Waals surface area contributed by atoms with Gasteiger partial charge in [0.1, 0.15) is 18.9 Å². The van der Waals surface area contributed by atoms with Crippen molar-refractivity contribution in [3.63, 3.8) is 0 Å². The standard InChI is InChI=1S/C17H32FNO3/c1-17(2,3)12-6-4-11(5-7-12)9-19-10-14(20)16(22)15(21)13(19)8-18/h11-16,20-22H,4-10H2,1-3H3/t11?,12?,13-,14+,15-,16-/m1/s1. The summed E-state index contributed by atoms with van der Waals surface area (Å²) in [5.74, 6) is 1.22. The van der Waals surface area contributed by atoms with Gasteiger partial charge in [0.2, 0.25) is 0 Å². The maximum absolute atomic E-state index is 13.3. The average Bonchev–Trinajstić information content (AvgIpc) is 2.45. The lowest BCUT2D eigenvalue weighted by Gasteiger charge is -2.45. The zero-order valence-electron chi connectivity index (χ0n) is 14.1. The van der Waals surface area contributed by atoms with Crippen molar-refractivity contribution in [3.8, 4) is 0 Å². The maximum Gasteiger partial charge on any atom is 0.109 e. The van der Waals surface area contributed by atoms with Gasteiger partial charge in [0.05, 0.1) is 12.1 Å². The second-order valence-corrected chi connectivity index (χ2v) is 8.31. The smallest absolute Gasteiger partial charge is 0.109 e. The van der Waals surface area contributed by atoms with E-state index in [2.05, 4.69) is 20.8 Å². The number of hydrogen-bond acceptors (Lipinski definition) is 4. The molecule has 4 atom stereocenters. The number of alkyl halides is 1. The third kappa shape index (κ3) is 3.99. The Morgan fingerprint density at radius 2 is 1.59 bits per heavy atom. The van der Waals surface area contributed by atoms with E-state index < -0.39 is 31.0 Å². The van der Waals surface area contributed by atoms with Gasteiger partial charge < -0.3 is 15.3 Å². The number of hydrogen-bond donors (Lipinski definition) is 3. The third-order valence-corrected chi connectivity index (χ3v) is 5.75. The molecule has 2 aliphatic rings. The molecule has 0 radical (unpaired) electrons. The average molecular weight is 317 g/mol. The monoisotopic (exact) mass is 317 g/mol. The third-order valence-electron chi connectivity index (χ3n) is 5.75. The fraction of sp³-hybridized carbons (Fsp3) is 1.00. The first-order chi connectivity index (χ1) is 10.2. The molecular weight excluding hydrogens is 285 g/mol. The molecule has 4 nitrogen and oxygen atoms in total. The Morgan fingerprint density at radius 3 is 2.09 bits per heavy atom. The predicted molar refractivity (Wildman–Crippen MR) is 84.3 cm³/mol. The van der Waals surface area contributed by atoms with Gasteiger partial charge in [-0.05, 0) is 42.9 Å². The van der Waals surface area contributed by atoms with Crippen molar-refractivity contribution in [1.82, 2.24) is 4.90 Å². The van der Waals surface area contributed by atoms with E-state index in [-0.39, 0.29) is 6.54 Å². The van der Waals surface area contributed by atoms with E-state index in [0.717, 1.165) is 18.8 Å². The molecule has 1 heterocycles. The molecule has 0 bridgehead atoms.